The molecule has 2 aromatic carbocycles. The zero-order valence-electron chi connectivity index (χ0n) is 16.8. The molecule has 7 nitrogen and oxygen atoms in total. The first-order chi connectivity index (χ1) is 15.4. The standard InChI is InChI=1S/C22H17Cl3N4O3/c1-13-8-15(23)3-6-19(13)31-11-16-4-7-20(32-16)21(30)27-22-26-12-29(28-22)10-14-2-5-17(24)18(25)9-14/h2-9,12H,10-11H2,1H3,(H,27,28,30). The van der Waals surface area contributed by atoms with Crippen LogP contribution in [0.1, 0.15) is 27.4 Å². The fourth-order valence-electron chi connectivity index (χ4n) is 2.92. The van der Waals surface area contributed by atoms with Crippen molar-refractivity contribution in [2.75, 3.05) is 5.32 Å². The Morgan fingerprint density at radius 2 is 1.94 bits per heavy atom. The molecule has 0 saturated carbocycles. The zero-order valence-corrected chi connectivity index (χ0v) is 19.1. The number of amides is 1. The number of nitrogens with one attached hydrogen (secondary N) is 1. The molecule has 0 fully saturated rings. The molecule has 10 heteroatoms. The molecule has 164 valence electrons. The number of nitrogens with zero attached hydrogens (tertiary/aromatic N) is 3. The van der Waals surface area contributed by atoms with Crippen molar-refractivity contribution < 1.29 is 13.9 Å². The van der Waals surface area contributed by atoms with E-state index in [-0.39, 0.29) is 18.3 Å². The van der Waals surface area contributed by atoms with E-state index in [1.165, 1.54) is 6.33 Å². The van der Waals surface area contributed by atoms with Crippen LogP contribution < -0.4 is 10.1 Å². The van der Waals surface area contributed by atoms with Gasteiger partial charge < -0.3 is 9.15 Å². The van der Waals surface area contributed by atoms with Crippen molar-refractivity contribution >= 4 is 46.7 Å². The Morgan fingerprint density at radius 1 is 1.09 bits per heavy atom. The lowest BCUT2D eigenvalue weighted by atomic mass is 10.2. The summed E-state index contributed by atoms with van der Waals surface area (Å²) in [6, 6.07) is 13.9. The second-order valence-corrected chi connectivity index (χ2v) is 8.18. The highest BCUT2D eigenvalue weighted by molar-refractivity contribution is 6.42. The highest BCUT2D eigenvalue weighted by atomic mass is 35.5. The van der Waals surface area contributed by atoms with Gasteiger partial charge in [0.1, 0.15) is 24.4 Å². The Morgan fingerprint density at radius 3 is 2.72 bits per heavy atom. The second kappa shape index (κ2) is 9.65. The average Bonchev–Trinajstić information content (AvgIpc) is 3.40. The molecule has 0 atom stereocenters. The number of carbonyl (C=O) groups is 1. The van der Waals surface area contributed by atoms with Gasteiger partial charge in [0.25, 0.3) is 5.91 Å². The van der Waals surface area contributed by atoms with E-state index in [2.05, 4.69) is 15.4 Å². The normalized spacial score (nSPS) is 10.9. The monoisotopic (exact) mass is 490 g/mol. The lowest BCUT2D eigenvalue weighted by Gasteiger charge is -2.07. The van der Waals surface area contributed by atoms with Gasteiger partial charge >= 0.3 is 0 Å². The second-order valence-electron chi connectivity index (χ2n) is 6.93. The number of aryl methyl sites for hydroxylation is 1. The van der Waals surface area contributed by atoms with Crippen LogP contribution >= 0.6 is 34.8 Å². The van der Waals surface area contributed by atoms with Gasteiger partial charge in [0.15, 0.2) is 5.76 Å². The average molecular weight is 492 g/mol. The minimum absolute atomic E-state index is 0.122. The minimum Gasteiger partial charge on any atom is -0.485 e. The number of ether oxygens (including phenoxy) is 1. The van der Waals surface area contributed by atoms with Gasteiger partial charge in [0, 0.05) is 5.02 Å². The van der Waals surface area contributed by atoms with Gasteiger partial charge in [0.05, 0.1) is 16.6 Å². The molecule has 0 unspecified atom stereocenters. The summed E-state index contributed by atoms with van der Waals surface area (Å²) >= 11 is 17.9. The van der Waals surface area contributed by atoms with Crippen molar-refractivity contribution in [3.63, 3.8) is 0 Å². The number of aromatic nitrogens is 3. The van der Waals surface area contributed by atoms with Crippen molar-refractivity contribution in [1.29, 1.82) is 0 Å². The maximum Gasteiger partial charge on any atom is 0.293 e. The number of carbonyl (C=O) groups excluding carboxylic acids is 1. The summed E-state index contributed by atoms with van der Waals surface area (Å²) in [5.74, 6) is 1.00. The van der Waals surface area contributed by atoms with Crippen LogP contribution in [0.2, 0.25) is 15.1 Å². The van der Waals surface area contributed by atoms with Gasteiger partial charge in [-0.15, -0.1) is 5.10 Å². The largest absolute Gasteiger partial charge is 0.485 e. The molecular formula is C22H17Cl3N4O3. The zero-order chi connectivity index (χ0) is 22.7. The molecule has 0 aliphatic rings. The van der Waals surface area contributed by atoms with Crippen LogP contribution in [0.25, 0.3) is 0 Å². The number of benzene rings is 2. The van der Waals surface area contributed by atoms with Crippen molar-refractivity contribution in [2.24, 2.45) is 0 Å². The third kappa shape index (κ3) is 5.43. The van der Waals surface area contributed by atoms with Crippen molar-refractivity contribution in [1.82, 2.24) is 14.8 Å². The summed E-state index contributed by atoms with van der Waals surface area (Å²) < 4.78 is 12.9. The lowest BCUT2D eigenvalue weighted by Crippen LogP contribution is -2.12. The van der Waals surface area contributed by atoms with E-state index >= 15 is 0 Å². The van der Waals surface area contributed by atoms with Crippen LogP contribution in [0, 0.1) is 6.92 Å². The predicted octanol–water partition coefficient (Wildman–Crippen LogP) is 6.02. The molecule has 2 aromatic heterocycles. The van der Waals surface area contributed by atoms with Crippen LogP contribution in [0.3, 0.4) is 0 Å². The SMILES string of the molecule is Cc1cc(Cl)ccc1OCc1ccc(C(=O)Nc2ncn(Cc3ccc(Cl)c(Cl)c3)n2)o1. The Kier molecular flexibility index (Phi) is 6.69. The first-order valence-electron chi connectivity index (χ1n) is 9.50. The highest BCUT2D eigenvalue weighted by Gasteiger charge is 2.14. The number of hydrogen-bond acceptors (Lipinski definition) is 5. The van der Waals surface area contributed by atoms with Gasteiger partial charge in [-0.2, -0.15) is 0 Å². The van der Waals surface area contributed by atoms with Crippen LogP contribution in [0.4, 0.5) is 5.95 Å². The summed E-state index contributed by atoms with van der Waals surface area (Å²) in [5.41, 5.74) is 1.80. The molecule has 1 N–H and O–H groups in total. The first kappa shape index (κ1) is 22.2. The predicted molar refractivity (Wildman–Crippen MR) is 123 cm³/mol. The molecule has 0 spiro atoms. The van der Waals surface area contributed by atoms with Gasteiger partial charge in [-0.05, 0) is 60.5 Å². The molecular weight excluding hydrogens is 475 g/mol. The molecule has 0 aliphatic carbocycles. The van der Waals surface area contributed by atoms with Gasteiger partial charge in [-0.1, -0.05) is 40.9 Å². The number of hydrogen-bond donors (Lipinski definition) is 1. The van der Waals surface area contributed by atoms with Crippen molar-refractivity contribution in [2.45, 2.75) is 20.1 Å². The van der Waals surface area contributed by atoms with Crippen molar-refractivity contribution in [3.8, 4) is 5.75 Å². The molecule has 0 bridgehead atoms. The molecule has 1 amide bonds. The fraction of sp³-hybridized carbons (Fsp3) is 0.136. The Hall–Kier alpha value is -3.00. The molecule has 0 saturated heterocycles. The highest BCUT2D eigenvalue weighted by Crippen LogP contribution is 2.24. The van der Waals surface area contributed by atoms with Crippen LogP contribution in [0.5, 0.6) is 5.75 Å². The summed E-state index contributed by atoms with van der Waals surface area (Å²) in [6.45, 7) is 2.49. The van der Waals surface area contributed by atoms with Crippen molar-refractivity contribution in [3.05, 3.63) is 92.6 Å². The third-order valence-electron chi connectivity index (χ3n) is 4.48. The Balaban J connectivity index is 1.34. The van der Waals surface area contributed by atoms with E-state index in [0.29, 0.717) is 33.1 Å². The third-order valence-corrected chi connectivity index (χ3v) is 5.46. The summed E-state index contributed by atoms with van der Waals surface area (Å²) in [4.78, 5) is 16.6. The van der Waals surface area contributed by atoms with Crippen LogP contribution in [-0.2, 0) is 13.2 Å². The Labute approximate surface area is 198 Å². The summed E-state index contributed by atoms with van der Waals surface area (Å²) in [5, 5.41) is 8.43. The molecule has 32 heavy (non-hydrogen) atoms. The summed E-state index contributed by atoms with van der Waals surface area (Å²) in [6.07, 6.45) is 1.51. The van der Waals surface area contributed by atoms with E-state index in [9.17, 15) is 4.79 Å². The molecule has 0 radical (unpaired) electrons. The van der Waals surface area contributed by atoms with Gasteiger partial charge in [0.2, 0.25) is 5.95 Å². The number of rotatable bonds is 7. The van der Waals surface area contributed by atoms with E-state index < -0.39 is 5.91 Å². The smallest absolute Gasteiger partial charge is 0.293 e. The van der Waals surface area contributed by atoms with E-state index in [1.807, 2.05) is 19.1 Å². The minimum atomic E-state index is -0.466. The fourth-order valence-corrected chi connectivity index (χ4v) is 3.46. The number of halogens is 3. The van der Waals surface area contributed by atoms with Gasteiger partial charge in [-0.3, -0.25) is 10.1 Å². The molecule has 2 heterocycles. The van der Waals surface area contributed by atoms with Gasteiger partial charge in [-0.25, -0.2) is 9.67 Å². The van der Waals surface area contributed by atoms with Crippen LogP contribution in [0.15, 0.2) is 59.3 Å². The number of furan rings is 1. The lowest BCUT2D eigenvalue weighted by molar-refractivity contribution is 0.0991. The summed E-state index contributed by atoms with van der Waals surface area (Å²) in [7, 11) is 0. The first-order valence-corrected chi connectivity index (χ1v) is 10.6. The quantitative estimate of drug-likeness (QED) is 0.342. The number of anilines is 1. The molecule has 4 aromatic rings. The van der Waals surface area contributed by atoms with Crippen LogP contribution in [-0.4, -0.2) is 20.7 Å². The Bertz CT molecular complexity index is 1270. The van der Waals surface area contributed by atoms with E-state index in [1.54, 1.807) is 41.1 Å². The maximum absolute atomic E-state index is 12.5. The van der Waals surface area contributed by atoms with E-state index in [4.69, 9.17) is 44.0 Å². The van der Waals surface area contributed by atoms with E-state index in [0.717, 1.165) is 11.1 Å². The maximum atomic E-state index is 12.5. The molecule has 0 aliphatic heterocycles. The molecule has 4 rings (SSSR count). The topological polar surface area (TPSA) is 82.2 Å².